The van der Waals surface area contributed by atoms with Gasteiger partial charge in [0.05, 0.1) is 13.2 Å². The van der Waals surface area contributed by atoms with E-state index in [1.807, 2.05) is 12.1 Å². The van der Waals surface area contributed by atoms with Crippen molar-refractivity contribution in [2.24, 2.45) is 0 Å². The summed E-state index contributed by atoms with van der Waals surface area (Å²) < 4.78 is 12.7. The van der Waals surface area contributed by atoms with Crippen molar-refractivity contribution >= 4 is 5.91 Å². The Morgan fingerprint density at radius 2 is 1.84 bits per heavy atom. The average molecular weight is 423 g/mol. The monoisotopic (exact) mass is 422 g/mol. The summed E-state index contributed by atoms with van der Waals surface area (Å²) in [6.07, 6.45) is 5.90. The second kappa shape index (κ2) is 8.61. The molecular formula is C25H30N2O4. The Kier molecular flexibility index (Phi) is 5.69. The zero-order valence-corrected chi connectivity index (χ0v) is 17.8. The van der Waals surface area contributed by atoms with Gasteiger partial charge in [-0.25, -0.2) is 0 Å². The molecule has 31 heavy (non-hydrogen) atoms. The molecule has 2 aromatic carbocycles. The van der Waals surface area contributed by atoms with Gasteiger partial charge in [0.25, 0.3) is 5.91 Å². The summed E-state index contributed by atoms with van der Waals surface area (Å²) in [5.74, 6) is 0.270. The van der Waals surface area contributed by atoms with Crippen LogP contribution in [0.15, 0.2) is 42.5 Å². The second-order valence-electron chi connectivity index (χ2n) is 8.80. The number of hydrogen-bond donors (Lipinski definition) is 2. The fourth-order valence-electron chi connectivity index (χ4n) is 4.72. The Hall–Kier alpha value is -2.41. The molecule has 1 spiro atoms. The summed E-state index contributed by atoms with van der Waals surface area (Å²) in [4.78, 5) is 14.6. The van der Waals surface area contributed by atoms with Gasteiger partial charge in [0.2, 0.25) is 5.79 Å². The molecule has 0 aromatic heterocycles. The van der Waals surface area contributed by atoms with Crippen molar-refractivity contribution in [2.75, 3.05) is 26.2 Å². The van der Waals surface area contributed by atoms with Gasteiger partial charge in [-0.1, -0.05) is 24.6 Å². The third kappa shape index (κ3) is 4.20. The molecule has 0 unspecified atom stereocenters. The maximum absolute atomic E-state index is 12.0. The lowest BCUT2D eigenvalue weighted by atomic mass is 9.89. The molecule has 1 saturated heterocycles. The minimum Gasteiger partial charge on any atom is -0.462 e. The third-order valence-electron chi connectivity index (χ3n) is 6.88. The largest absolute Gasteiger partial charge is 0.462 e. The van der Waals surface area contributed by atoms with E-state index in [0.29, 0.717) is 12.2 Å². The number of ether oxygens (including phenoxy) is 2. The van der Waals surface area contributed by atoms with Gasteiger partial charge >= 0.3 is 0 Å². The molecule has 0 atom stereocenters. The van der Waals surface area contributed by atoms with Gasteiger partial charge in [0.15, 0.2) is 0 Å². The van der Waals surface area contributed by atoms with Crippen LogP contribution in [-0.4, -0.2) is 54.0 Å². The van der Waals surface area contributed by atoms with Gasteiger partial charge in [0, 0.05) is 49.6 Å². The number of benzene rings is 2. The molecule has 2 aliphatic heterocycles. The third-order valence-corrected chi connectivity index (χ3v) is 6.88. The van der Waals surface area contributed by atoms with E-state index in [4.69, 9.17) is 14.6 Å². The van der Waals surface area contributed by atoms with E-state index < -0.39 is 5.79 Å². The normalized spacial score (nSPS) is 20.5. The molecule has 164 valence electrons. The lowest BCUT2D eigenvalue weighted by Gasteiger charge is -2.47. The molecule has 1 aliphatic carbocycles. The number of piperidine rings is 1. The maximum Gasteiger partial charge on any atom is 0.251 e. The van der Waals surface area contributed by atoms with Crippen molar-refractivity contribution in [1.29, 1.82) is 0 Å². The van der Waals surface area contributed by atoms with E-state index in [9.17, 15) is 4.79 Å². The quantitative estimate of drug-likeness (QED) is 0.774. The number of nitrogens with zero attached hydrogens (tertiary/aromatic N) is 1. The molecule has 2 aromatic rings. The Labute approximate surface area is 183 Å². The summed E-state index contributed by atoms with van der Waals surface area (Å²) in [5, 5.41) is 11.5. The van der Waals surface area contributed by atoms with Gasteiger partial charge in [0.1, 0.15) is 5.75 Å². The lowest BCUT2D eigenvalue weighted by molar-refractivity contribution is -0.231. The van der Waals surface area contributed by atoms with E-state index in [-0.39, 0.29) is 19.1 Å². The van der Waals surface area contributed by atoms with Crippen LogP contribution in [0, 0.1) is 0 Å². The smallest absolute Gasteiger partial charge is 0.251 e. The molecule has 2 N–H and O–H groups in total. The number of carbonyl (C=O) groups excluding carboxylic acids is 1. The van der Waals surface area contributed by atoms with Crippen molar-refractivity contribution in [3.63, 3.8) is 0 Å². The zero-order chi connectivity index (χ0) is 21.3. The molecule has 6 nitrogen and oxygen atoms in total. The van der Waals surface area contributed by atoms with Crippen LogP contribution in [0.1, 0.15) is 48.0 Å². The number of carbonyl (C=O) groups is 1. The Morgan fingerprint density at radius 1 is 1.10 bits per heavy atom. The number of nitrogens with one attached hydrogen (secondary N) is 1. The van der Waals surface area contributed by atoms with Crippen LogP contribution in [0.2, 0.25) is 0 Å². The SMILES string of the molecule is O=C(NCCO)c1ccc(-c2ccc3c(c2)COC2(CCN(C4CCC4)CC2)O3)cc1. The van der Waals surface area contributed by atoms with Crippen LogP contribution in [0.5, 0.6) is 5.75 Å². The predicted octanol–water partition coefficient (Wildman–Crippen LogP) is 3.33. The minimum absolute atomic E-state index is 0.0663. The first kappa shape index (κ1) is 20.5. The zero-order valence-electron chi connectivity index (χ0n) is 17.8. The van der Waals surface area contributed by atoms with Gasteiger partial charge in [-0.3, -0.25) is 9.69 Å². The topological polar surface area (TPSA) is 71.0 Å². The number of aliphatic hydroxyl groups is 1. The van der Waals surface area contributed by atoms with Gasteiger partial charge in [-0.2, -0.15) is 0 Å². The van der Waals surface area contributed by atoms with E-state index in [1.54, 1.807) is 12.1 Å². The fourth-order valence-corrected chi connectivity index (χ4v) is 4.72. The van der Waals surface area contributed by atoms with Crippen LogP contribution < -0.4 is 10.1 Å². The first-order valence-corrected chi connectivity index (χ1v) is 11.4. The number of amides is 1. The maximum atomic E-state index is 12.0. The number of hydrogen-bond acceptors (Lipinski definition) is 5. The van der Waals surface area contributed by atoms with Crippen molar-refractivity contribution in [2.45, 2.75) is 50.5 Å². The van der Waals surface area contributed by atoms with Crippen LogP contribution in [0.25, 0.3) is 11.1 Å². The molecule has 1 saturated carbocycles. The molecule has 5 rings (SSSR count). The summed E-state index contributed by atoms with van der Waals surface area (Å²) >= 11 is 0. The van der Waals surface area contributed by atoms with E-state index in [1.165, 1.54) is 19.3 Å². The van der Waals surface area contributed by atoms with Gasteiger partial charge in [-0.15, -0.1) is 0 Å². The first-order valence-electron chi connectivity index (χ1n) is 11.4. The minimum atomic E-state index is -0.474. The number of aliphatic hydroxyl groups excluding tert-OH is 1. The van der Waals surface area contributed by atoms with Crippen LogP contribution in [0.4, 0.5) is 0 Å². The molecule has 6 heteroatoms. The standard InChI is InChI=1S/C25H30N2O4/c28-15-12-26-24(29)19-6-4-18(5-7-19)20-8-9-23-21(16-20)17-30-25(31-23)10-13-27(14-11-25)22-2-1-3-22/h4-9,16,22,28H,1-3,10-15,17H2,(H,26,29). The van der Waals surface area contributed by atoms with Crippen molar-refractivity contribution in [3.05, 3.63) is 53.6 Å². The van der Waals surface area contributed by atoms with Gasteiger partial charge < -0.3 is 19.9 Å². The summed E-state index contributed by atoms with van der Waals surface area (Å²) in [5.41, 5.74) is 3.76. The summed E-state index contributed by atoms with van der Waals surface area (Å²) in [7, 11) is 0. The highest BCUT2D eigenvalue weighted by Gasteiger charge is 2.42. The number of rotatable bonds is 5. The lowest BCUT2D eigenvalue weighted by Crippen LogP contribution is -2.54. The van der Waals surface area contributed by atoms with E-state index in [0.717, 1.165) is 54.4 Å². The Balaban J connectivity index is 1.25. The van der Waals surface area contributed by atoms with Crippen molar-refractivity contribution in [3.8, 4) is 16.9 Å². The fraction of sp³-hybridized carbons (Fsp3) is 0.480. The highest BCUT2D eigenvalue weighted by Crippen LogP contribution is 2.40. The molecule has 2 fully saturated rings. The molecule has 0 radical (unpaired) electrons. The summed E-state index contributed by atoms with van der Waals surface area (Å²) in [6.45, 7) is 2.86. The van der Waals surface area contributed by atoms with E-state index in [2.05, 4.69) is 28.4 Å². The van der Waals surface area contributed by atoms with Crippen LogP contribution in [-0.2, 0) is 11.3 Å². The van der Waals surface area contributed by atoms with E-state index >= 15 is 0 Å². The second-order valence-corrected chi connectivity index (χ2v) is 8.80. The molecule has 1 amide bonds. The summed E-state index contributed by atoms with van der Waals surface area (Å²) in [6, 6.07) is 14.5. The van der Waals surface area contributed by atoms with Crippen molar-refractivity contribution < 1.29 is 19.4 Å². The molecule has 3 aliphatic rings. The van der Waals surface area contributed by atoms with Crippen molar-refractivity contribution in [1.82, 2.24) is 10.2 Å². The molecule has 0 bridgehead atoms. The van der Waals surface area contributed by atoms with Crippen LogP contribution >= 0.6 is 0 Å². The molecular weight excluding hydrogens is 392 g/mol. The Morgan fingerprint density at radius 3 is 2.52 bits per heavy atom. The number of likely N-dealkylation sites (tertiary alicyclic amines) is 1. The van der Waals surface area contributed by atoms with Gasteiger partial charge in [-0.05, 0) is 48.2 Å². The number of fused-ring (bicyclic) bond motifs is 1. The predicted molar refractivity (Wildman–Crippen MR) is 118 cm³/mol. The molecule has 2 heterocycles. The Bertz CT molecular complexity index is 931. The highest BCUT2D eigenvalue weighted by atomic mass is 16.7. The average Bonchev–Trinajstić information content (AvgIpc) is 2.78. The van der Waals surface area contributed by atoms with Crippen LogP contribution in [0.3, 0.4) is 0 Å². The highest BCUT2D eigenvalue weighted by molar-refractivity contribution is 5.94. The first-order chi connectivity index (χ1) is 15.2.